The number of para-hydroxylation sites is 6. The minimum atomic E-state index is 0.574. The Labute approximate surface area is 542 Å². The van der Waals surface area contributed by atoms with Crippen molar-refractivity contribution in [1.82, 2.24) is 58.6 Å². The number of imidazole rings is 2. The first-order valence-electron chi connectivity index (χ1n) is 30.5. The van der Waals surface area contributed by atoms with Gasteiger partial charge in [-0.05, 0) is 72.8 Å². The molecule has 0 fully saturated rings. The molecule has 0 unspecified atom stereocenters. The Kier molecular flexibility index (Phi) is 14.8. The van der Waals surface area contributed by atoms with Crippen LogP contribution in [0.3, 0.4) is 0 Å². The maximum atomic E-state index is 5.06. The van der Waals surface area contributed by atoms with E-state index >= 15 is 0 Å². The molecular formula is C80H53BrN12. The molecule has 12 aromatic carbocycles. The fraction of sp³-hybridized carbons (Fsp3) is 0. The number of nitrogens with zero attached hydrogens (tertiary/aromatic N) is 11. The van der Waals surface area contributed by atoms with Gasteiger partial charge in [0.1, 0.15) is 11.6 Å². The zero-order chi connectivity index (χ0) is 62.0. The minimum absolute atomic E-state index is 0.574. The van der Waals surface area contributed by atoms with E-state index in [1.165, 1.54) is 0 Å². The molecule has 1 N–H and O–H groups in total. The minimum Gasteiger partial charge on any atom is -0.338 e. The third kappa shape index (κ3) is 10.9. The maximum Gasteiger partial charge on any atom is 0.238 e. The molecule has 0 aliphatic rings. The van der Waals surface area contributed by atoms with Crippen LogP contribution in [0.4, 0.5) is 0 Å². The Morgan fingerprint density at radius 3 is 1.12 bits per heavy atom. The van der Waals surface area contributed by atoms with Gasteiger partial charge in [-0.1, -0.05) is 259 Å². The number of nitrogens with one attached hydrogen (secondary N) is 1. The molecule has 18 aromatic rings. The number of H-pyrrole nitrogens is 1. The standard InChI is InChI=1S/C40H26N6.C27H17BrN4.C13H10N2/c1-4-14-27(15-5-1)37-42-38(28-16-6-2-7-17-28)44-40(43-37)46-34-22-12-10-20-31(34)32-26-30(24-25-35(32)46)45-36-23-13-11-21-33(36)41-39(45)29-18-8-3-9-19-29;28-20-15-16-24-22(17-20)21-13-7-8-14-23(21)32(24)27-30-25(18-9-3-1-4-10-18)29-26(31-27)19-11-5-2-6-12-19;1-2-6-10(7-3-1)13-14-11-8-4-5-9-12(11)15-13/h1-26H;1-17H;1-9H,(H,14,15). The highest BCUT2D eigenvalue weighted by Gasteiger charge is 2.22. The summed E-state index contributed by atoms with van der Waals surface area (Å²) in [7, 11) is 0. The second kappa shape index (κ2) is 24.6. The quantitative estimate of drug-likeness (QED) is 0.151. The van der Waals surface area contributed by atoms with E-state index in [0.29, 0.717) is 35.2 Å². The van der Waals surface area contributed by atoms with Gasteiger partial charge in [0.05, 0.1) is 44.1 Å². The Bertz CT molecular complexity index is 5550. The number of benzene rings is 12. The molecule has 0 amide bonds. The number of fused-ring (bicyclic) bond motifs is 8. The highest BCUT2D eigenvalue weighted by molar-refractivity contribution is 9.10. The van der Waals surface area contributed by atoms with Crippen LogP contribution in [0.25, 0.3) is 152 Å². The molecule has 0 aliphatic carbocycles. The van der Waals surface area contributed by atoms with Gasteiger partial charge in [-0.25, -0.2) is 19.9 Å². The van der Waals surface area contributed by atoms with E-state index in [4.69, 9.17) is 34.9 Å². The zero-order valence-corrected chi connectivity index (χ0v) is 51.4. The van der Waals surface area contributed by atoms with Gasteiger partial charge < -0.3 is 4.98 Å². The van der Waals surface area contributed by atoms with E-state index in [9.17, 15) is 0 Å². The molecular weight excluding hydrogens is 1210 g/mol. The van der Waals surface area contributed by atoms with E-state index in [0.717, 1.165) is 121 Å². The van der Waals surface area contributed by atoms with Gasteiger partial charge >= 0.3 is 0 Å². The molecule has 12 nitrogen and oxygen atoms in total. The van der Waals surface area contributed by atoms with Crippen molar-refractivity contribution in [3.63, 3.8) is 0 Å². The zero-order valence-electron chi connectivity index (χ0n) is 49.8. The number of rotatable bonds is 9. The van der Waals surface area contributed by atoms with Crippen LogP contribution in [0.2, 0.25) is 0 Å². The fourth-order valence-electron chi connectivity index (χ4n) is 12.0. The molecule has 0 spiro atoms. The average molecular weight is 1260 g/mol. The predicted octanol–water partition coefficient (Wildman–Crippen LogP) is 19.6. The second-order valence-corrected chi connectivity index (χ2v) is 23.1. The lowest BCUT2D eigenvalue weighted by Crippen LogP contribution is -2.06. The number of aromatic amines is 1. The number of halogens is 1. The summed E-state index contributed by atoms with van der Waals surface area (Å²) in [5, 5.41) is 4.53. The smallest absolute Gasteiger partial charge is 0.238 e. The molecule has 0 atom stereocenters. The van der Waals surface area contributed by atoms with Gasteiger partial charge in [-0.2, -0.15) is 19.9 Å². The van der Waals surface area contributed by atoms with Crippen molar-refractivity contribution in [3.8, 4) is 85.9 Å². The predicted molar refractivity (Wildman–Crippen MR) is 379 cm³/mol. The van der Waals surface area contributed by atoms with E-state index in [-0.39, 0.29) is 0 Å². The van der Waals surface area contributed by atoms with Crippen LogP contribution in [-0.4, -0.2) is 58.6 Å². The van der Waals surface area contributed by atoms with Crippen LogP contribution in [0.1, 0.15) is 0 Å². The maximum absolute atomic E-state index is 5.06. The van der Waals surface area contributed by atoms with Gasteiger partial charge in [0.25, 0.3) is 0 Å². The van der Waals surface area contributed by atoms with Crippen LogP contribution in [-0.2, 0) is 0 Å². The lowest BCUT2D eigenvalue weighted by atomic mass is 10.1. The van der Waals surface area contributed by atoms with Crippen molar-refractivity contribution in [2.45, 2.75) is 0 Å². The molecule has 0 aliphatic heterocycles. The van der Waals surface area contributed by atoms with Crippen LogP contribution in [0.15, 0.2) is 320 Å². The van der Waals surface area contributed by atoms with Crippen LogP contribution in [0, 0.1) is 0 Å². The summed E-state index contributed by atoms with van der Waals surface area (Å²) in [5.41, 5.74) is 15.3. The van der Waals surface area contributed by atoms with Gasteiger partial charge in [0.15, 0.2) is 23.3 Å². The molecule has 440 valence electrons. The molecule has 13 heteroatoms. The molecule has 18 rings (SSSR count). The van der Waals surface area contributed by atoms with Crippen molar-refractivity contribution in [2.75, 3.05) is 0 Å². The number of hydrogen-bond acceptors (Lipinski definition) is 8. The summed E-state index contributed by atoms with van der Waals surface area (Å²) in [6.07, 6.45) is 0. The van der Waals surface area contributed by atoms with Crippen LogP contribution in [0.5, 0.6) is 0 Å². The third-order valence-corrected chi connectivity index (χ3v) is 16.8. The third-order valence-electron chi connectivity index (χ3n) is 16.4. The summed E-state index contributed by atoms with van der Waals surface area (Å²) < 4.78 is 7.57. The number of aromatic nitrogens is 12. The fourth-order valence-corrected chi connectivity index (χ4v) is 12.4. The highest BCUT2D eigenvalue weighted by atomic mass is 79.9. The van der Waals surface area contributed by atoms with E-state index < -0.39 is 0 Å². The van der Waals surface area contributed by atoms with Gasteiger partial charge in [-0.15, -0.1) is 0 Å². The van der Waals surface area contributed by atoms with Crippen molar-refractivity contribution in [2.24, 2.45) is 0 Å². The monoisotopic (exact) mass is 1260 g/mol. The topological polar surface area (TPSA) is 134 Å². The van der Waals surface area contributed by atoms with E-state index in [2.05, 4.69) is 173 Å². The van der Waals surface area contributed by atoms with E-state index in [1.807, 2.05) is 182 Å². The average Bonchev–Trinajstić information content (AvgIpc) is 1.62. The van der Waals surface area contributed by atoms with Gasteiger partial charge in [-0.3, -0.25) is 13.7 Å². The normalized spacial score (nSPS) is 11.3. The van der Waals surface area contributed by atoms with Crippen LogP contribution >= 0.6 is 15.9 Å². The second-order valence-electron chi connectivity index (χ2n) is 22.2. The summed E-state index contributed by atoms with van der Waals surface area (Å²) in [6, 6.07) is 107. The van der Waals surface area contributed by atoms with Gasteiger partial charge in [0.2, 0.25) is 11.9 Å². The van der Waals surface area contributed by atoms with Crippen molar-refractivity contribution in [1.29, 1.82) is 0 Å². The van der Waals surface area contributed by atoms with E-state index in [1.54, 1.807) is 0 Å². The van der Waals surface area contributed by atoms with Crippen molar-refractivity contribution in [3.05, 3.63) is 320 Å². The Morgan fingerprint density at radius 2 is 0.634 bits per heavy atom. The van der Waals surface area contributed by atoms with Crippen LogP contribution < -0.4 is 0 Å². The summed E-state index contributed by atoms with van der Waals surface area (Å²) in [5.74, 6) is 5.57. The molecule has 93 heavy (non-hydrogen) atoms. The summed E-state index contributed by atoms with van der Waals surface area (Å²) in [4.78, 5) is 42.6. The summed E-state index contributed by atoms with van der Waals surface area (Å²) in [6.45, 7) is 0. The summed E-state index contributed by atoms with van der Waals surface area (Å²) >= 11 is 3.62. The number of hydrogen-bond donors (Lipinski definition) is 1. The van der Waals surface area contributed by atoms with Crippen molar-refractivity contribution < 1.29 is 0 Å². The first-order valence-corrected chi connectivity index (χ1v) is 31.3. The molecule has 0 bridgehead atoms. The molecule has 6 aromatic heterocycles. The molecule has 0 saturated heterocycles. The largest absolute Gasteiger partial charge is 0.338 e. The molecule has 6 heterocycles. The Morgan fingerprint density at radius 1 is 0.258 bits per heavy atom. The molecule has 0 saturated carbocycles. The first kappa shape index (κ1) is 56.0. The van der Waals surface area contributed by atoms with Crippen molar-refractivity contribution >= 4 is 81.6 Å². The Hall–Kier alpha value is -12.3. The SMILES string of the molecule is Brc1ccc2c(c1)c1ccccc1n2-c1nc(-c2ccccc2)nc(-c2ccccc2)n1.c1ccc(-c2nc(-c3ccccc3)nc(-n3c4ccccc4c4cc(-n5c(-c6ccccc6)nc6ccccc65)ccc43)n2)cc1.c1ccc(-c2nc3ccccc3[nH]2)cc1. The molecule has 0 radical (unpaired) electrons. The lowest BCUT2D eigenvalue weighted by Gasteiger charge is -2.12. The lowest BCUT2D eigenvalue weighted by molar-refractivity contribution is 0.953. The van der Waals surface area contributed by atoms with Gasteiger partial charge in [0, 0.05) is 65.1 Å². The highest BCUT2D eigenvalue weighted by Crippen LogP contribution is 2.38. The first-order chi connectivity index (χ1) is 46.0. The Balaban J connectivity index is 0.000000125.